The van der Waals surface area contributed by atoms with Crippen molar-refractivity contribution >= 4 is 56.5 Å². The fourth-order valence-electron chi connectivity index (χ4n) is 3.65. The number of aromatic nitrogens is 3. The Kier molecular flexibility index (Phi) is 4.16. The van der Waals surface area contributed by atoms with Crippen LogP contribution in [-0.2, 0) is 4.79 Å². The molecule has 3 heterocycles. The van der Waals surface area contributed by atoms with Crippen LogP contribution in [-0.4, -0.2) is 20.7 Å². The van der Waals surface area contributed by atoms with E-state index >= 15 is 0 Å². The maximum absolute atomic E-state index is 12.5. The van der Waals surface area contributed by atoms with Crippen molar-refractivity contribution in [1.82, 2.24) is 14.8 Å². The number of nitrogens with zero attached hydrogens (tertiary/aromatic N) is 3. The predicted octanol–water partition coefficient (Wildman–Crippen LogP) is 5.57. The average Bonchev–Trinajstić information content (AvgIpc) is 3.24. The molecule has 140 valence electrons. The standard InChI is InChI=1S/C20H14Cl2N4OS/c1-10-18-12(11-6-7-13(21)14(22)8-11)9-17(27)24-19(18)26(25-10)20-23-15-4-2-3-5-16(15)28-20/h2-8,12H,9H2,1H3,(H,24,27)/t12-/m0/s1. The summed E-state index contributed by atoms with van der Waals surface area (Å²) in [5.74, 6) is 0.469. The van der Waals surface area contributed by atoms with Gasteiger partial charge in [0.1, 0.15) is 5.82 Å². The van der Waals surface area contributed by atoms with Gasteiger partial charge in [0.25, 0.3) is 0 Å². The number of benzene rings is 2. The van der Waals surface area contributed by atoms with Gasteiger partial charge in [0, 0.05) is 17.9 Å². The van der Waals surface area contributed by atoms with Gasteiger partial charge in [-0.05, 0) is 36.8 Å². The number of aryl methyl sites for hydroxylation is 1. The van der Waals surface area contributed by atoms with E-state index in [1.165, 1.54) is 11.3 Å². The molecule has 5 nitrogen and oxygen atoms in total. The summed E-state index contributed by atoms with van der Waals surface area (Å²) in [6.45, 7) is 1.95. The second-order valence-corrected chi connectivity index (χ2v) is 8.53. The van der Waals surface area contributed by atoms with Crippen molar-refractivity contribution in [1.29, 1.82) is 0 Å². The van der Waals surface area contributed by atoms with Crippen LogP contribution < -0.4 is 5.32 Å². The highest BCUT2D eigenvalue weighted by molar-refractivity contribution is 7.20. The normalized spacial score (nSPS) is 16.2. The third-order valence-electron chi connectivity index (χ3n) is 4.91. The first-order chi connectivity index (χ1) is 13.5. The number of hydrogen-bond donors (Lipinski definition) is 1. The summed E-state index contributed by atoms with van der Waals surface area (Å²) in [5.41, 5.74) is 3.69. The van der Waals surface area contributed by atoms with Crippen molar-refractivity contribution in [3.8, 4) is 5.13 Å². The highest BCUT2D eigenvalue weighted by atomic mass is 35.5. The molecule has 2 aromatic heterocycles. The molecule has 0 fully saturated rings. The predicted molar refractivity (Wildman–Crippen MR) is 113 cm³/mol. The fraction of sp³-hybridized carbons (Fsp3) is 0.150. The highest BCUT2D eigenvalue weighted by Gasteiger charge is 2.33. The third-order valence-corrected chi connectivity index (χ3v) is 6.66. The van der Waals surface area contributed by atoms with E-state index in [1.54, 1.807) is 10.7 Å². The van der Waals surface area contributed by atoms with Crippen molar-refractivity contribution in [3.63, 3.8) is 0 Å². The van der Waals surface area contributed by atoms with Crippen LogP contribution >= 0.6 is 34.5 Å². The van der Waals surface area contributed by atoms with Crippen LogP contribution in [0.15, 0.2) is 42.5 Å². The van der Waals surface area contributed by atoms with Crippen molar-refractivity contribution in [2.24, 2.45) is 0 Å². The number of carbonyl (C=O) groups is 1. The van der Waals surface area contributed by atoms with Crippen LogP contribution in [0.1, 0.15) is 29.2 Å². The molecule has 0 radical (unpaired) electrons. The van der Waals surface area contributed by atoms with E-state index in [0.29, 0.717) is 22.3 Å². The van der Waals surface area contributed by atoms with Crippen LogP contribution in [0.2, 0.25) is 10.0 Å². The molecule has 0 unspecified atom stereocenters. The third kappa shape index (κ3) is 2.80. The van der Waals surface area contributed by atoms with Gasteiger partial charge in [0.15, 0.2) is 0 Å². The molecule has 2 aromatic carbocycles. The number of nitrogens with one attached hydrogen (secondary N) is 1. The van der Waals surface area contributed by atoms with Gasteiger partial charge in [-0.1, -0.05) is 52.7 Å². The van der Waals surface area contributed by atoms with Crippen LogP contribution in [0.5, 0.6) is 0 Å². The number of rotatable bonds is 2. The monoisotopic (exact) mass is 428 g/mol. The summed E-state index contributed by atoms with van der Waals surface area (Å²) in [5, 5.41) is 9.38. The number of halogens is 2. The molecular weight excluding hydrogens is 415 g/mol. The Hall–Kier alpha value is -2.41. The van der Waals surface area contributed by atoms with Crippen LogP contribution in [0, 0.1) is 6.92 Å². The first kappa shape index (κ1) is 17.7. The van der Waals surface area contributed by atoms with E-state index in [9.17, 15) is 4.79 Å². The lowest BCUT2D eigenvalue weighted by molar-refractivity contribution is -0.116. The highest BCUT2D eigenvalue weighted by Crippen LogP contribution is 2.42. The van der Waals surface area contributed by atoms with Gasteiger partial charge in [-0.3, -0.25) is 4.79 Å². The number of thiazole rings is 1. The first-order valence-corrected chi connectivity index (χ1v) is 10.3. The minimum absolute atomic E-state index is 0.0640. The summed E-state index contributed by atoms with van der Waals surface area (Å²) in [7, 11) is 0. The molecule has 1 aliphatic heterocycles. The van der Waals surface area contributed by atoms with Gasteiger partial charge in [0.2, 0.25) is 11.0 Å². The number of hydrogen-bond acceptors (Lipinski definition) is 4. The lowest BCUT2D eigenvalue weighted by Gasteiger charge is -2.24. The molecule has 5 rings (SSSR count). The van der Waals surface area contributed by atoms with E-state index in [-0.39, 0.29) is 11.8 Å². The quantitative estimate of drug-likeness (QED) is 0.453. The smallest absolute Gasteiger partial charge is 0.226 e. The summed E-state index contributed by atoms with van der Waals surface area (Å²) >= 11 is 13.8. The number of amides is 1. The van der Waals surface area contributed by atoms with Crippen molar-refractivity contribution in [2.45, 2.75) is 19.3 Å². The zero-order valence-corrected chi connectivity index (χ0v) is 17.1. The van der Waals surface area contributed by atoms with Gasteiger partial charge >= 0.3 is 0 Å². The van der Waals surface area contributed by atoms with E-state index < -0.39 is 0 Å². The van der Waals surface area contributed by atoms with Crippen molar-refractivity contribution in [3.05, 3.63) is 69.3 Å². The maximum Gasteiger partial charge on any atom is 0.226 e. The van der Waals surface area contributed by atoms with Crippen molar-refractivity contribution < 1.29 is 4.79 Å². The first-order valence-electron chi connectivity index (χ1n) is 8.71. The van der Waals surface area contributed by atoms with Crippen molar-refractivity contribution in [2.75, 3.05) is 5.32 Å². The average molecular weight is 429 g/mol. The van der Waals surface area contributed by atoms with E-state index in [0.717, 1.165) is 32.2 Å². The molecule has 1 N–H and O–H groups in total. The molecule has 0 spiro atoms. The summed E-state index contributed by atoms with van der Waals surface area (Å²) in [4.78, 5) is 17.2. The zero-order valence-electron chi connectivity index (χ0n) is 14.7. The Labute approximate surface area is 174 Å². The Morgan fingerprint density at radius 3 is 2.79 bits per heavy atom. The molecule has 8 heteroatoms. The number of fused-ring (bicyclic) bond motifs is 2. The van der Waals surface area contributed by atoms with E-state index in [2.05, 4.69) is 10.3 Å². The van der Waals surface area contributed by atoms with E-state index in [4.69, 9.17) is 28.3 Å². The molecule has 0 saturated heterocycles. The summed E-state index contributed by atoms with van der Waals surface area (Å²) < 4.78 is 2.80. The largest absolute Gasteiger partial charge is 0.310 e. The maximum atomic E-state index is 12.5. The van der Waals surface area contributed by atoms with Gasteiger partial charge in [0.05, 0.1) is 26.0 Å². The SMILES string of the molecule is Cc1nn(-c2nc3ccccc3s2)c2c1[C@H](c1ccc(Cl)c(Cl)c1)CC(=O)N2. The molecule has 0 aliphatic carbocycles. The Morgan fingerprint density at radius 2 is 2.00 bits per heavy atom. The molecule has 28 heavy (non-hydrogen) atoms. The molecule has 1 atom stereocenters. The molecule has 1 aliphatic rings. The van der Waals surface area contributed by atoms with Gasteiger partial charge < -0.3 is 5.32 Å². The molecular formula is C20H14Cl2N4OS. The summed E-state index contributed by atoms with van der Waals surface area (Å²) in [6.07, 6.45) is 0.331. The minimum Gasteiger partial charge on any atom is -0.310 e. The van der Waals surface area contributed by atoms with Crippen LogP contribution in [0.3, 0.4) is 0 Å². The Morgan fingerprint density at radius 1 is 1.18 bits per heavy atom. The Bertz CT molecular complexity index is 1210. The van der Waals surface area contributed by atoms with Gasteiger partial charge in [-0.2, -0.15) is 9.78 Å². The lowest BCUT2D eigenvalue weighted by Crippen LogP contribution is -2.24. The van der Waals surface area contributed by atoms with Gasteiger partial charge in [-0.15, -0.1) is 0 Å². The fourth-order valence-corrected chi connectivity index (χ4v) is 4.88. The minimum atomic E-state index is -0.137. The molecule has 0 bridgehead atoms. The second kappa shape index (κ2) is 6.58. The van der Waals surface area contributed by atoms with Crippen LogP contribution in [0.25, 0.3) is 15.3 Å². The number of anilines is 1. The van der Waals surface area contributed by atoms with E-state index in [1.807, 2.05) is 43.3 Å². The van der Waals surface area contributed by atoms with Gasteiger partial charge in [-0.25, -0.2) is 4.98 Å². The molecule has 1 amide bonds. The summed E-state index contributed by atoms with van der Waals surface area (Å²) in [6, 6.07) is 13.4. The second-order valence-electron chi connectivity index (χ2n) is 6.70. The molecule has 4 aromatic rings. The number of para-hydroxylation sites is 1. The van der Waals surface area contributed by atoms with Crippen LogP contribution in [0.4, 0.5) is 5.82 Å². The molecule has 0 saturated carbocycles. The number of carbonyl (C=O) groups excluding carboxylic acids is 1. The zero-order chi connectivity index (χ0) is 19.4. The Balaban J connectivity index is 1.68. The lowest BCUT2D eigenvalue weighted by atomic mass is 9.86. The topological polar surface area (TPSA) is 59.8 Å².